The van der Waals surface area contributed by atoms with E-state index in [0.29, 0.717) is 0 Å². The van der Waals surface area contributed by atoms with E-state index in [2.05, 4.69) is 140 Å². The van der Waals surface area contributed by atoms with Gasteiger partial charge in [-0.1, -0.05) is 133 Å². The topological polar surface area (TPSA) is 0 Å². The van der Waals surface area contributed by atoms with Crippen molar-refractivity contribution in [2.45, 2.75) is 19.6 Å². The Morgan fingerprint density at radius 2 is 0.875 bits per heavy atom. The van der Waals surface area contributed by atoms with Crippen LogP contribution in [-0.4, -0.2) is 0 Å². The summed E-state index contributed by atoms with van der Waals surface area (Å²) < 4.78 is 0. The third kappa shape index (κ3) is 3.29. The van der Waals surface area contributed by atoms with Crippen LogP contribution < -0.4 is 0 Å². The molecule has 0 amide bonds. The smallest absolute Gasteiger partial charge is 0.0484 e. The van der Waals surface area contributed by atoms with Crippen molar-refractivity contribution in [1.29, 1.82) is 0 Å². The van der Waals surface area contributed by atoms with Crippen LogP contribution in [0.4, 0.5) is 0 Å². The lowest BCUT2D eigenvalue weighted by Crippen LogP contribution is -2.04. The lowest BCUT2D eigenvalue weighted by molar-refractivity contribution is 1.34. The van der Waals surface area contributed by atoms with Gasteiger partial charge in [0.05, 0.1) is 0 Å². The number of hydrogen-bond acceptors (Lipinski definition) is 0. The highest BCUT2D eigenvalue weighted by Gasteiger charge is 2.43. The van der Waals surface area contributed by atoms with E-state index in [1.165, 1.54) is 52.3 Å². The molecule has 1 aliphatic rings. The largest absolute Gasteiger partial charge is 0.130 e. The lowest BCUT2D eigenvalue weighted by Gasteiger charge is -2.41. The van der Waals surface area contributed by atoms with Gasteiger partial charge in [-0.05, 0) is 68.6 Å². The van der Waals surface area contributed by atoms with Crippen LogP contribution in [-0.2, 0) is 0 Å². The van der Waals surface area contributed by atoms with Gasteiger partial charge in [0.25, 0.3) is 0 Å². The van der Waals surface area contributed by atoms with Gasteiger partial charge in [-0.15, -0.1) is 10.0 Å². The Hall–Kier alpha value is -4.30. The third-order valence-electron chi connectivity index (χ3n) is 8.16. The Bertz CT molecular complexity index is 2000. The van der Waals surface area contributed by atoms with Crippen molar-refractivity contribution >= 4 is 43.2 Å². The Balaban J connectivity index is 1.59. The maximum atomic E-state index is 6.77. The van der Waals surface area contributed by atoms with Crippen LogP contribution in [0, 0.1) is 0 Å². The van der Waals surface area contributed by atoms with Gasteiger partial charge < -0.3 is 0 Å². The van der Waals surface area contributed by atoms with Crippen LogP contribution in [0.25, 0.3) is 43.8 Å². The van der Waals surface area contributed by atoms with Gasteiger partial charge in [-0.3, -0.25) is 0 Å². The first-order valence-electron chi connectivity index (χ1n) is 13.5. The Kier molecular flexibility index (Phi) is 5.38. The average Bonchev–Trinajstić information content (AvgIpc) is 3.31. The van der Waals surface area contributed by atoms with Gasteiger partial charge >= 0.3 is 0 Å². The van der Waals surface area contributed by atoms with E-state index < -0.39 is 10.0 Å². The van der Waals surface area contributed by atoms with Crippen molar-refractivity contribution in [3.8, 4) is 22.3 Å². The molecule has 0 aliphatic carbocycles. The van der Waals surface area contributed by atoms with Crippen molar-refractivity contribution in [3.05, 3.63) is 157 Å². The van der Waals surface area contributed by atoms with E-state index in [-0.39, 0.29) is 0 Å². The highest BCUT2D eigenvalue weighted by atomic mass is 35.5. The van der Waals surface area contributed by atoms with Gasteiger partial charge in [-0.2, -0.15) is 0 Å². The fourth-order valence-electron chi connectivity index (χ4n) is 6.45. The minimum atomic E-state index is -1.88. The second-order valence-electron chi connectivity index (χ2n) is 10.3. The highest BCUT2D eigenvalue weighted by molar-refractivity contribution is 8.34. The molecule has 0 N–H and O–H groups in total. The molecule has 0 fully saturated rings. The molecule has 0 saturated heterocycles. The summed E-state index contributed by atoms with van der Waals surface area (Å²) in [6.07, 6.45) is 0. The molecule has 0 unspecified atom stereocenters. The van der Waals surface area contributed by atoms with Crippen LogP contribution in [0.5, 0.6) is 0 Å². The van der Waals surface area contributed by atoms with Crippen molar-refractivity contribution < 1.29 is 0 Å². The van der Waals surface area contributed by atoms with Gasteiger partial charge in [0.1, 0.15) is 0 Å². The molecule has 0 atom stereocenters. The highest BCUT2D eigenvalue weighted by Crippen LogP contribution is 2.81. The zero-order chi connectivity index (χ0) is 26.7. The predicted octanol–water partition coefficient (Wildman–Crippen LogP) is 11.6. The van der Waals surface area contributed by atoms with Crippen LogP contribution in [0.2, 0.25) is 5.02 Å². The first-order valence-corrected chi connectivity index (χ1v) is 15.6. The molecule has 2 heteroatoms. The fraction of sp³-hybridized carbons (Fsp3) is 0. The van der Waals surface area contributed by atoms with Crippen molar-refractivity contribution in [3.63, 3.8) is 0 Å². The molecule has 1 aliphatic heterocycles. The normalized spacial score (nSPS) is 14.1. The van der Waals surface area contributed by atoms with Crippen molar-refractivity contribution in [2.24, 2.45) is 0 Å². The summed E-state index contributed by atoms with van der Waals surface area (Å²) in [6, 6.07) is 55.5. The molecule has 0 spiro atoms. The molecule has 8 rings (SSSR count). The van der Waals surface area contributed by atoms with Crippen LogP contribution in [0.3, 0.4) is 0 Å². The molecule has 7 aromatic carbocycles. The SMILES string of the molecule is Clc1ccccc1-c1ccc2c(c1)S(c1cccc3ccccc13)(c1cccc3ccccc13)c1ccccc1-2. The summed E-state index contributed by atoms with van der Waals surface area (Å²) in [6.45, 7) is 0. The van der Waals surface area contributed by atoms with Crippen molar-refractivity contribution in [2.75, 3.05) is 0 Å². The second-order valence-corrected chi connectivity index (χ2v) is 13.6. The van der Waals surface area contributed by atoms with Gasteiger partial charge in [-0.25, -0.2) is 0 Å². The van der Waals surface area contributed by atoms with E-state index >= 15 is 0 Å². The molecule has 0 aromatic heterocycles. The summed E-state index contributed by atoms with van der Waals surface area (Å²) in [5, 5.41) is 5.91. The Morgan fingerprint density at radius 1 is 0.375 bits per heavy atom. The van der Waals surface area contributed by atoms with Crippen LogP contribution in [0.1, 0.15) is 0 Å². The Labute approximate surface area is 240 Å². The minimum absolute atomic E-state index is 0.772. The Morgan fingerprint density at radius 3 is 1.55 bits per heavy atom. The fourth-order valence-corrected chi connectivity index (χ4v) is 11.3. The summed E-state index contributed by atoms with van der Waals surface area (Å²) >= 11 is 6.77. The maximum Gasteiger partial charge on any atom is 0.0484 e. The van der Waals surface area contributed by atoms with Gasteiger partial charge in [0.2, 0.25) is 0 Å². The van der Waals surface area contributed by atoms with Crippen LogP contribution >= 0.6 is 21.6 Å². The summed E-state index contributed by atoms with van der Waals surface area (Å²) in [5.41, 5.74) is 4.84. The quantitative estimate of drug-likeness (QED) is 0.206. The number of fused-ring (bicyclic) bond motifs is 5. The molecule has 0 nitrogen and oxygen atoms in total. The second kappa shape index (κ2) is 9.13. The summed E-state index contributed by atoms with van der Waals surface area (Å²) in [4.78, 5) is 5.53. The zero-order valence-corrected chi connectivity index (χ0v) is 23.3. The lowest BCUT2D eigenvalue weighted by atomic mass is 10.0. The van der Waals surface area contributed by atoms with E-state index in [4.69, 9.17) is 11.6 Å². The number of halogens is 1. The summed E-state index contributed by atoms with van der Waals surface area (Å²) in [7, 11) is -1.88. The first-order chi connectivity index (χ1) is 19.8. The molecule has 0 saturated carbocycles. The van der Waals surface area contributed by atoms with E-state index in [9.17, 15) is 0 Å². The van der Waals surface area contributed by atoms with E-state index in [1.807, 2.05) is 12.1 Å². The maximum absolute atomic E-state index is 6.77. The minimum Gasteiger partial charge on any atom is -0.130 e. The number of hydrogen-bond donors (Lipinski definition) is 0. The molecule has 0 radical (unpaired) electrons. The van der Waals surface area contributed by atoms with Crippen molar-refractivity contribution in [1.82, 2.24) is 0 Å². The molecule has 7 aromatic rings. The molecular weight excluding hydrogens is 524 g/mol. The standard InChI is InChI=1S/C38H25ClS/c39-34-19-7-5-15-29(34)28-23-24-33-32-18-6-8-20-37(32)40(38(33)25-28,35-21-9-13-26-11-1-3-16-30(26)35)36-22-10-14-27-12-2-4-17-31(27)36/h1-25H. The first kappa shape index (κ1) is 23.6. The van der Waals surface area contributed by atoms with E-state index in [1.54, 1.807) is 0 Å². The molecule has 1 heterocycles. The molecular formula is C38H25ClS. The van der Waals surface area contributed by atoms with E-state index in [0.717, 1.165) is 16.1 Å². The molecule has 0 bridgehead atoms. The average molecular weight is 549 g/mol. The number of benzene rings is 7. The monoisotopic (exact) mass is 548 g/mol. The summed E-state index contributed by atoms with van der Waals surface area (Å²) in [5.74, 6) is 0. The molecule has 40 heavy (non-hydrogen) atoms. The molecule has 190 valence electrons. The zero-order valence-electron chi connectivity index (χ0n) is 21.7. The third-order valence-corrected chi connectivity index (χ3v) is 12.5. The number of rotatable bonds is 3. The van der Waals surface area contributed by atoms with Crippen LogP contribution in [0.15, 0.2) is 171 Å². The van der Waals surface area contributed by atoms with Gasteiger partial charge in [0.15, 0.2) is 0 Å². The van der Waals surface area contributed by atoms with Gasteiger partial charge in [0, 0.05) is 30.2 Å². The predicted molar refractivity (Wildman–Crippen MR) is 171 cm³/mol.